The number of alkyl carbamates (subject to hydrolysis) is 1. The second-order valence-corrected chi connectivity index (χ2v) is 13.1. The number of amides is 4. The van der Waals surface area contributed by atoms with Crippen LogP contribution in [0, 0.1) is 33.1 Å². The number of rotatable bonds is 10. The zero-order chi connectivity index (χ0) is 33.7. The number of ether oxygens (including phenoxy) is 2. The van der Waals surface area contributed by atoms with Crippen LogP contribution in [0.4, 0.5) is 15.3 Å². The minimum atomic E-state index is -0.533. The lowest BCUT2D eigenvalue weighted by molar-refractivity contribution is -0.136. The van der Waals surface area contributed by atoms with Gasteiger partial charge in [-0.1, -0.05) is 25.1 Å². The Bertz CT molecular complexity index is 1790. The molecule has 0 radical (unpaired) electrons. The van der Waals surface area contributed by atoms with Crippen molar-refractivity contribution in [3.05, 3.63) is 81.7 Å². The van der Waals surface area contributed by atoms with Crippen molar-refractivity contribution >= 4 is 41.3 Å². The number of imide groups is 1. The van der Waals surface area contributed by atoms with E-state index in [4.69, 9.17) is 9.47 Å². The van der Waals surface area contributed by atoms with Crippen molar-refractivity contribution in [2.24, 2.45) is 5.41 Å². The maximum absolute atomic E-state index is 13.5. The Hall–Kier alpha value is -4.90. The van der Waals surface area contributed by atoms with Gasteiger partial charge in [0.25, 0.3) is 5.91 Å². The quantitative estimate of drug-likeness (QED) is 0.136. The van der Waals surface area contributed by atoms with E-state index < -0.39 is 23.7 Å². The summed E-state index contributed by atoms with van der Waals surface area (Å²) in [5.41, 5.74) is 6.21. The predicted octanol–water partition coefficient (Wildman–Crippen LogP) is 5.21. The summed E-state index contributed by atoms with van der Waals surface area (Å²) in [6, 6.07) is 12.0. The Labute approximate surface area is 274 Å². The molecule has 1 aromatic heterocycles. The van der Waals surface area contributed by atoms with Gasteiger partial charge in [-0.05, 0) is 107 Å². The summed E-state index contributed by atoms with van der Waals surface area (Å²) in [5.74, 6) is -0.232. The van der Waals surface area contributed by atoms with Crippen molar-refractivity contribution in [2.75, 3.05) is 18.0 Å². The number of carbonyl (C=O) groups excluding carboxylic acids is 4. The molecular weight excluding hydrogens is 598 g/mol. The van der Waals surface area contributed by atoms with Crippen molar-refractivity contribution < 1.29 is 28.7 Å². The average Bonchev–Trinajstić information content (AvgIpc) is 3.72. The molecule has 2 fully saturated rings. The summed E-state index contributed by atoms with van der Waals surface area (Å²) in [6.45, 7) is 12.4. The van der Waals surface area contributed by atoms with Crippen LogP contribution in [0.25, 0.3) is 11.6 Å². The summed E-state index contributed by atoms with van der Waals surface area (Å²) in [5, 5.41) is 8.97. The fraction of sp³-hybridized carbons (Fsp3) is 0.389. The molecule has 11 heteroatoms. The molecule has 4 amide bonds. The monoisotopic (exact) mass is 639 g/mol. The molecule has 3 aliphatic rings. The van der Waals surface area contributed by atoms with Gasteiger partial charge in [0, 0.05) is 28.9 Å². The van der Waals surface area contributed by atoms with Crippen LogP contribution >= 0.6 is 0 Å². The molecule has 11 nitrogen and oxygen atoms in total. The largest absolute Gasteiger partial charge is 0.445 e. The number of para-hydroxylation sites is 1. The number of anilines is 1. The van der Waals surface area contributed by atoms with E-state index in [-0.39, 0.29) is 23.9 Å². The molecule has 1 atom stereocenters. The molecule has 2 heterocycles. The van der Waals surface area contributed by atoms with E-state index in [2.05, 4.69) is 20.9 Å². The molecule has 0 bridgehead atoms. The molecule has 2 aliphatic carbocycles. The molecule has 0 spiro atoms. The van der Waals surface area contributed by atoms with Crippen LogP contribution in [0.1, 0.15) is 65.9 Å². The summed E-state index contributed by atoms with van der Waals surface area (Å²) >= 11 is 0. The lowest BCUT2D eigenvalue weighted by Gasteiger charge is -2.16. The van der Waals surface area contributed by atoms with Crippen LogP contribution in [-0.2, 0) is 20.9 Å². The number of hydrogen-bond acceptors (Lipinski definition) is 7. The third-order valence-electron chi connectivity index (χ3n) is 9.47. The van der Waals surface area contributed by atoms with Gasteiger partial charge in [0.1, 0.15) is 18.4 Å². The van der Waals surface area contributed by atoms with E-state index in [9.17, 15) is 19.2 Å². The SMILES string of the molecule is CCNC(C)C(=O)Oc1c(C)cc(COC(=O)NC23CC2(CNC(=O)N2C(=O)/C(=C\c4[nH]c(C)cc4C)c4ccccc42)C3)cc1C. The normalized spacial score (nSPS) is 22.0. The number of hydrogen-bond donors (Lipinski definition) is 4. The summed E-state index contributed by atoms with van der Waals surface area (Å²) in [6.07, 6.45) is 2.71. The van der Waals surface area contributed by atoms with E-state index in [1.807, 2.05) is 65.0 Å². The first-order valence-corrected chi connectivity index (χ1v) is 16.0. The Morgan fingerprint density at radius 2 is 1.74 bits per heavy atom. The number of aromatic nitrogens is 1. The summed E-state index contributed by atoms with van der Waals surface area (Å²) < 4.78 is 11.1. The lowest BCUT2D eigenvalue weighted by Crippen LogP contribution is -2.43. The number of aromatic amines is 1. The fourth-order valence-corrected chi connectivity index (χ4v) is 6.72. The zero-order valence-electron chi connectivity index (χ0n) is 27.6. The number of nitrogens with one attached hydrogen (secondary N) is 4. The third kappa shape index (κ3) is 6.03. The zero-order valence-corrected chi connectivity index (χ0v) is 27.6. The molecule has 1 unspecified atom stereocenters. The van der Waals surface area contributed by atoms with Gasteiger partial charge in [-0.25, -0.2) is 19.3 Å². The number of fused-ring (bicyclic) bond motifs is 2. The van der Waals surface area contributed by atoms with Gasteiger partial charge >= 0.3 is 18.1 Å². The van der Waals surface area contributed by atoms with Gasteiger partial charge < -0.3 is 30.4 Å². The molecule has 0 saturated heterocycles. The first-order valence-electron chi connectivity index (χ1n) is 16.0. The highest BCUT2D eigenvalue weighted by Gasteiger charge is 2.84. The van der Waals surface area contributed by atoms with E-state index >= 15 is 0 Å². The standard InChI is InChI=1S/C36H41N5O6/c1-7-37-24(6)32(43)47-30-21(3)13-25(14-22(30)4)16-46-34(45)40-36-17-35(36,18-36)19-38-33(44)41-29-11-9-8-10-26(29)27(31(41)42)15-28-20(2)12-23(5)39-28/h8-15,24,37,39H,7,16-19H2,1-6H3,(H,38,44)(H,40,45)/b27-15-. The number of urea groups is 1. The van der Waals surface area contributed by atoms with E-state index in [0.29, 0.717) is 35.7 Å². The number of aryl methyl sites for hydroxylation is 4. The van der Waals surface area contributed by atoms with E-state index in [0.717, 1.165) is 46.5 Å². The highest BCUT2D eigenvalue weighted by molar-refractivity contribution is 6.42. The highest BCUT2D eigenvalue weighted by Crippen LogP contribution is 2.78. The lowest BCUT2D eigenvalue weighted by atomic mass is 10.1. The smallest absolute Gasteiger partial charge is 0.407 e. The number of H-pyrrole nitrogens is 1. The molecule has 2 aromatic carbocycles. The second kappa shape index (κ2) is 12.0. The first-order chi connectivity index (χ1) is 22.4. The van der Waals surface area contributed by atoms with Crippen LogP contribution in [0.15, 0.2) is 42.5 Å². The Morgan fingerprint density at radius 3 is 2.40 bits per heavy atom. The van der Waals surface area contributed by atoms with Gasteiger partial charge in [0.15, 0.2) is 0 Å². The maximum Gasteiger partial charge on any atom is 0.407 e. The summed E-state index contributed by atoms with van der Waals surface area (Å²) in [7, 11) is 0. The predicted molar refractivity (Wildman–Crippen MR) is 178 cm³/mol. The number of benzene rings is 2. The van der Waals surface area contributed by atoms with Crippen molar-refractivity contribution in [1.29, 1.82) is 0 Å². The number of nitrogens with zero attached hydrogens (tertiary/aromatic N) is 1. The molecule has 3 aromatic rings. The molecule has 246 valence electrons. The molecule has 1 aliphatic heterocycles. The van der Waals surface area contributed by atoms with E-state index in [1.54, 1.807) is 25.1 Å². The van der Waals surface area contributed by atoms with Gasteiger partial charge in [-0.15, -0.1) is 0 Å². The second-order valence-electron chi connectivity index (χ2n) is 13.1. The van der Waals surface area contributed by atoms with Crippen molar-refractivity contribution in [2.45, 2.75) is 72.6 Å². The highest BCUT2D eigenvalue weighted by atomic mass is 16.5. The van der Waals surface area contributed by atoms with Gasteiger partial charge in [-0.3, -0.25) is 4.79 Å². The maximum atomic E-state index is 13.5. The van der Waals surface area contributed by atoms with Crippen molar-refractivity contribution in [3.63, 3.8) is 0 Å². The molecule has 2 saturated carbocycles. The fourth-order valence-electron chi connectivity index (χ4n) is 6.72. The van der Waals surface area contributed by atoms with Crippen LogP contribution < -0.4 is 25.6 Å². The number of likely N-dealkylation sites (N-methyl/N-ethyl adjacent to an activating group) is 1. The van der Waals surface area contributed by atoms with Crippen LogP contribution in [0.2, 0.25) is 0 Å². The first kappa shape index (κ1) is 32.1. The molecule has 47 heavy (non-hydrogen) atoms. The van der Waals surface area contributed by atoms with Crippen molar-refractivity contribution in [3.8, 4) is 5.75 Å². The topological polar surface area (TPSA) is 142 Å². The van der Waals surface area contributed by atoms with Gasteiger partial charge in [-0.2, -0.15) is 0 Å². The van der Waals surface area contributed by atoms with Crippen LogP contribution in [0.5, 0.6) is 5.75 Å². The van der Waals surface area contributed by atoms with Crippen molar-refractivity contribution in [1.82, 2.24) is 20.9 Å². The molecule has 4 N–H and O–H groups in total. The molecule has 6 rings (SSSR count). The van der Waals surface area contributed by atoms with Crippen LogP contribution in [0.3, 0.4) is 0 Å². The number of esters is 1. The van der Waals surface area contributed by atoms with Crippen LogP contribution in [-0.4, -0.2) is 53.7 Å². The van der Waals surface area contributed by atoms with Gasteiger partial charge in [0.05, 0.1) is 16.8 Å². The Kier molecular flexibility index (Phi) is 8.21. The Morgan fingerprint density at radius 1 is 1.04 bits per heavy atom. The van der Waals surface area contributed by atoms with Gasteiger partial charge in [0.2, 0.25) is 0 Å². The minimum absolute atomic E-state index is 0.0588. The third-order valence-corrected chi connectivity index (χ3v) is 9.47. The number of carbonyl (C=O) groups is 4. The minimum Gasteiger partial charge on any atom is -0.445 e. The summed E-state index contributed by atoms with van der Waals surface area (Å²) in [4.78, 5) is 56.5. The Balaban J connectivity index is 1.02. The average molecular weight is 640 g/mol. The molecular formula is C36H41N5O6. The van der Waals surface area contributed by atoms with E-state index in [1.165, 1.54) is 4.90 Å².